The van der Waals surface area contributed by atoms with Gasteiger partial charge in [-0.2, -0.15) is 11.8 Å². The quantitative estimate of drug-likeness (QED) is 0.929. The summed E-state index contributed by atoms with van der Waals surface area (Å²) >= 11 is 1.92. The van der Waals surface area contributed by atoms with Crippen LogP contribution in [0, 0.1) is 0 Å². The second-order valence-electron chi connectivity index (χ2n) is 5.10. The molecule has 0 aliphatic carbocycles. The van der Waals surface area contributed by atoms with Crippen LogP contribution in [0.5, 0.6) is 0 Å². The van der Waals surface area contributed by atoms with Crippen LogP contribution in [0.2, 0.25) is 0 Å². The number of halogens is 1. The summed E-state index contributed by atoms with van der Waals surface area (Å²) in [5.41, 5.74) is 6.98. The number of nitrogens with two attached hydrogens (primary N) is 1. The van der Waals surface area contributed by atoms with Crippen LogP contribution in [0.25, 0.3) is 0 Å². The van der Waals surface area contributed by atoms with E-state index in [0.717, 1.165) is 24.5 Å². The van der Waals surface area contributed by atoms with Gasteiger partial charge in [0.1, 0.15) is 0 Å². The Balaban J connectivity index is 0.00000200. The molecule has 0 bridgehead atoms. The van der Waals surface area contributed by atoms with Crippen molar-refractivity contribution in [1.82, 2.24) is 4.90 Å². The summed E-state index contributed by atoms with van der Waals surface area (Å²) in [7, 11) is 0. The Morgan fingerprint density at radius 2 is 2.15 bits per heavy atom. The van der Waals surface area contributed by atoms with Crippen LogP contribution in [0.4, 0.5) is 0 Å². The first-order valence-corrected chi connectivity index (χ1v) is 8.01. The van der Waals surface area contributed by atoms with E-state index in [0.29, 0.717) is 6.42 Å². The van der Waals surface area contributed by atoms with E-state index in [2.05, 4.69) is 12.1 Å². The molecule has 1 heterocycles. The zero-order valence-corrected chi connectivity index (χ0v) is 13.5. The van der Waals surface area contributed by atoms with Gasteiger partial charge < -0.3 is 10.6 Å². The van der Waals surface area contributed by atoms with Crippen LogP contribution in [0.1, 0.15) is 31.4 Å². The molecule has 112 valence electrons. The maximum Gasteiger partial charge on any atom is 0.223 e. The Hall–Kier alpha value is -0.710. The fraction of sp³-hybridized carbons (Fsp3) is 0.533. The summed E-state index contributed by atoms with van der Waals surface area (Å²) in [5, 5.41) is 0. The Morgan fingerprint density at radius 3 is 2.80 bits per heavy atom. The average Bonchev–Trinajstić information content (AvgIpc) is 2.45. The van der Waals surface area contributed by atoms with E-state index in [1.807, 2.05) is 41.8 Å². The van der Waals surface area contributed by atoms with Gasteiger partial charge in [0.25, 0.3) is 0 Å². The normalized spacial score (nSPS) is 20.1. The fourth-order valence-corrected chi connectivity index (χ4v) is 3.44. The first-order chi connectivity index (χ1) is 9.18. The number of benzene rings is 1. The Labute approximate surface area is 131 Å². The molecule has 0 saturated carbocycles. The lowest BCUT2D eigenvalue weighted by Crippen LogP contribution is -2.41. The largest absolute Gasteiger partial charge is 0.334 e. The lowest BCUT2D eigenvalue weighted by atomic mass is 10.1. The molecular formula is C15H23ClN2OS. The van der Waals surface area contributed by atoms with E-state index in [1.54, 1.807) is 0 Å². The van der Waals surface area contributed by atoms with Gasteiger partial charge in [0.05, 0.1) is 6.04 Å². The second-order valence-corrected chi connectivity index (χ2v) is 6.25. The van der Waals surface area contributed by atoms with Gasteiger partial charge >= 0.3 is 0 Å². The zero-order valence-electron chi connectivity index (χ0n) is 11.8. The van der Waals surface area contributed by atoms with Gasteiger partial charge in [-0.1, -0.05) is 30.3 Å². The minimum absolute atomic E-state index is 0. The maximum atomic E-state index is 12.3. The molecule has 0 aromatic heterocycles. The lowest BCUT2D eigenvalue weighted by Gasteiger charge is -2.36. The van der Waals surface area contributed by atoms with Crippen molar-refractivity contribution < 1.29 is 4.79 Å². The number of hydrogen-bond acceptors (Lipinski definition) is 3. The van der Waals surface area contributed by atoms with Crippen LogP contribution in [-0.2, 0) is 4.79 Å². The molecule has 1 fully saturated rings. The summed E-state index contributed by atoms with van der Waals surface area (Å²) < 4.78 is 0. The molecule has 1 aromatic carbocycles. The molecule has 0 radical (unpaired) electrons. The molecule has 0 spiro atoms. The predicted octanol–water partition coefficient (Wildman–Crippen LogP) is 2.85. The summed E-state index contributed by atoms with van der Waals surface area (Å²) in [6, 6.07) is 10.6. The minimum atomic E-state index is 0. The number of thioether (sulfide) groups is 1. The Kier molecular flexibility index (Phi) is 7.41. The van der Waals surface area contributed by atoms with Gasteiger partial charge in [0, 0.05) is 30.5 Å². The number of rotatable bonds is 4. The SMILES string of the molecule is CC(N)CCC(=O)N1CCSCC1c1ccccc1.Cl. The zero-order chi connectivity index (χ0) is 13.7. The molecule has 1 amide bonds. The molecule has 1 saturated heterocycles. The van der Waals surface area contributed by atoms with Crippen molar-refractivity contribution in [2.75, 3.05) is 18.1 Å². The highest BCUT2D eigenvalue weighted by Crippen LogP contribution is 2.30. The fourth-order valence-electron chi connectivity index (χ4n) is 2.35. The first-order valence-electron chi connectivity index (χ1n) is 6.86. The molecule has 2 atom stereocenters. The average molecular weight is 315 g/mol. The van der Waals surface area contributed by atoms with Gasteiger partial charge in [-0.15, -0.1) is 12.4 Å². The molecule has 20 heavy (non-hydrogen) atoms. The van der Waals surface area contributed by atoms with Gasteiger partial charge in [0.15, 0.2) is 0 Å². The summed E-state index contributed by atoms with van der Waals surface area (Å²) in [5.74, 6) is 2.27. The third kappa shape index (κ3) is 4.69. The van der Waals surface area contributed by atoms with Crippen LogP contribution < -0.4 is 5.73 Å². The van der Waals surface area contributed by atoms with Gasteiger partial charge in [0.2, 0.25) is 5.91 Å². The molecule has 1 aliphatic rings. The summed E-state index contributed by atoms with van der Waals surface area (Å²) in [4.78, 5) is 14.4. The van der Waals surface area contributed by atoms with Crippen molar-refractivity contribution in [3.8, 4) is 0 Å². The van der Waals surface area contributed by atoms with E-state index < -0.39 is 0 Å². The molecule has 2 N–H and O–H groups in total. The second kappa shape index (κ2) is 8.55. The van der Waals surface area contributed by atoms with Crippen LogP contribution in [-0.4, -0.2) is 34.9 Å². The number of carbonyl (C=O) groups is 1. The number of hydrogen-bond donors (Lipinski definition) is 1. The Bertz CT molecular complexity index is 414. The minimum Gasteiger partial charge on any atom is -0.334 e. The van der Waals surface area contributed by atoms with Crippen molar-refractivity contribution in [3.63, 3.8) is 0 Å². The Morgan fingerprint density at radius 1 is 1.45 bits per heavy atom. The molecule has 2 unspecified atom stereocenters. The predicted molar refractivity (Wildman–Crippen MR) is 88.4 cm³/mol. The van der Waals surface area contributed by atoms with Gasteiger partial charge in [-0.05, 0) is 18.9 Å². The molecule has 5 heteroatoms. The van der Waals surface area contributed by atoms with E-state index in [1.165, 1.54) is 5.56 Å². The van der Waals surface area contributed by atoms with Gasteiger partial charge in [-0.25, -0.2) is 0 Å². The maximum absolute atomic E-state index is 12.3. The van der Waals surface area contributed by atoms with Crippen molar-refractivity contribution >= 4 is 30.1 Å². The van der Waals surface area contributed by atoms with Crippen LogP contribution >= 0.6 is 24.2 Å². The standard InChI is InChI=1S/C15H22N2OS.ClH/c1-12(16)7-8-15(18)17-9-10-19-11-14(17)13-5-3-2-4-6-13;/h2-6,12,14H,7-11,16H2,1H3;1H. The topological polar surface area (TPSA) is 46.3 Å². The molecule has 1 aromatic rings. The number of carbonyl (C=O) groups excluding carboxylic acids is 1. The monoisotopic (exact) mass is 314 g/mol. The van der Waals surface area contributed by atoms with Crippen molar-refractivity contribution in [2.45, 2.75) is 31.8 Å². The van der Waals surface area contributed by atoms with E-state index in [9.17, 15) is 4.79 Å². The third-order valence-corrected chi connectivity index (χ3v) is 4.47. The van der Waals surface area contributed by atoms with Crippen LogP contribution in [0.15, 0.2) is 30.3 Å². The molecule has 3 nitrogen and oxygen atoms in total. The highest BCUT2D eigenvalue weighted by atomic mass is 35.5. The molecule has 2 rings (SSSR count). The first kappa shape index (κ1) is 17.3. The lowest BCUT2D eigenvalue weighted by molar-refractivity contribution is -0.133. The highest BCUT2D eigenvalue weighted by molar-refractivity contribution is 7.99. The van der Waals surface area contributed by atoms with Gasteiger partial charge in [-0.3, -0.25) is 4.79 Å². The van der Waals surface area contributed by atoms with Crippen molar-refractivity contribution in [3.05, 3.63) is 35.9 Å². The van der Waals surface area contributed by atoms with E-state index >= 15 is 0 Å². The highest BCUT2D eigenvalue weighted by Gasteiger charge is 2.27. The molecule has 1 aliphatic heterocycles. The van der Waals surface area contributed by atoms with Crippen molar-refractivity contribution in [2.24, 2.45) is 5.73 Å². The van der Waals surface area contributed by atoms with Crippen molar-refractivity contribution in [1.29, 1.82) is 0 Å². The summed E-state index contributed by atoms with van der Waals surface area (Å²) in [6.07, 6.45) is 1.33. The van der Waals surface area contributed by atoms with Crippen LogP contribution in [0.3, 0.4) is 0 Å². The van der Waals surface area contributed by atoms with E-state index in [4.69, 9.17) is 5.73 Å². The molecular weight excluding hydrogens is 292 g/mol. The number of nitrogens with zero attached hydrogens (tertiary/aromatic N) is 1. The smallest absolute Gasteiger partial charge is 0.223 e. The third-order valence-electron chi connectivity index (χ3n) is 3.45. The van der Waals surface area contributed by atoms with E-state index in [-0.39, 0.29) is 30.4 Å². The number of amides is 1. The summed E-state index contributed by atoms with van der Waals surface area (Å²) in [6.45, 7) is 2.80.